The molecule has 4 heteroatoms. The fourth-order valence-electron chi connectivity index (χ4n) is 2.55. The van der Waals surface area contributed by atoms with Crippen molar-refractivity contribution in [3.05, 3.63) is 54.2 Å². The van der Waals surface area contributed by atoms with E-state index in [0.29, 0.717) is 0 Å². The molecule has 100 valence electrons. The van der Waals surface area contributed by atoms with Gasteiger partial charge in [-0.25, -0.2) is 0 Å². The Morgan fingerprint density at radius 3 is 2.57 bits per heavy atom. The molecule has 2 aromatic carbocycles. The Balaban J connectivity index is 1.99. The first-order chi connectivity index (χ1) is 10.2. The first-order valence-corrected chi connectivity index (χ1v) is 9.22. The number of nitrogens with zero attached hydrogens (tertiary/aromatic N) is 2. The first-order valence-electron chi connectivity index (χ1n) is 6.67. The molecule has 0 amide bonds. The van der Waals surface area contributed by atoms with E-state index >= 15 is 0 Å². The second-order valence-electron chi connectivity index (χ2n) is 5.00. The second kappa shape index (κ2) is 5.12. The summed E-state index contributed by atoms with van der Waals surface area (Å²) < 4.78 is 3.77. The molecule has 2 nitrogen and oxygen atoms in total. The van der Waals surface area contributed by atoms with Crippen LogP contribution in [0.5, 0.6) is 0 Å². The molecule has 2 heterocycles. The first kappa shape index (κ1) is 13.3. The normalized spacial score (nSPS) is 11.3. The van der Waals surface area contributed by atoms with Crippen LogP contribution in [-0.2, 0) is 0 Å². The fourth-order valence-corrected chi connectivity index (χ4v) is 4.73. The molecule has 21 heavy (non-hydrogen) atoms. The molecule has 2 radical (unpaired) electrons. The van der Waals surface area contributed by atoms with E-state index < -0.39 is 0 Å². The van der Waals surface area contributed by atoms with Crippen LogP contribution in [0, 0.1) is 6.92 Å². The van der Waals surface area contributed by atoms with Crippen LogP contribution in [0.3, 0.4) is 0 Å². The Kier molecular flexibility index (Phi) is 3.24. The standard InChI is InChI=1S/C17H11N2S.Bi/c1-11-8-9-18-17(19-11)12-6-7-16-14(10-12)13-4-2-3-5-15(13)20-16;/h2-8,10H,1H3;. The number of rotatable bonds is 1. The predicted molar refractivity (Wildman–Crippen MR) is 90.5 cm³/mol. The summed E-state index contributed by atoms with van der Waals surface area (Å²) in [7, 11) is 0. The van der Waals surface area contributed by atoms with E-state index in [1.165, 1.54) is 20.2 Å². The summed E-state index contributed by atoms with van der Waals surface area (Å²) in [6, 6.07) is 17.1. The maximum atomic E-state index is 4.62. The second-order valence-corrected chi connectivity index (χ2v) is 7.87. The van der Waals surface area contributed by atoms with E-state index in [0.717, 1.165) is 45.2 Å². The molecule has 0 fully saturated rings. The molecule has 2 aromatic heterocycles. The van der Waals surface area contributed by atoms with Crippen molar-refractivity contribution in [3.63, 3.8) is 0 Å². The van der Waals surface area contributed by atoms with Crippen LogP contribution >= 0.6 is 11.3 Å². The van der Waals surface area contributed by atoms with Crippen LogP contribution < -0.4 is 3.40 Å². The molecule has 0 spiro atoms. The molecule has 0 atom stereocenters. The van der Waals surface area contributed by atoms with Crippen LogP contribution in [0.4, 0.5) is 0 Å². The van der Waals surface area contributed by atoms with Gasteiger partial charge < -0.3 is 0 Å². The van der Waals surface area contributed by atoms with E-state index in [4.69, 9.17) is 0 Å². The topological polar surface area (TPSA) is 25.8 Å². The SMILES string of the molecule is Cc1c[c]([Bi])nc(-c2ccc3sc4ccccc4c3c2)n1. The maximum absolute atomic E-state index is 4.62. The number of thiophene rings is 1. The van der Waals surface area contributed by atoms with Gasteiger partial charge in [0.05, 0.1) is 0 Å². The quantitative estimate of drug-likeness (QED) is 0.386. The van der Waals surface area contributed by atoms with Gasteiger partial charge in [0.25, 0.3) is 0 Å². The molecule has 0 aliphatic heterocycles. The van der Waals surface area contributed by atoms with Crippen LogP contribution in [0.1, 0.15) is 5.69 Å². The zero-order valence-corrected chi connectivity index (χ0v) is 15.7. The summed E-state index contributed by atoms with van der Waals surface area (Å²) in [6.07, 6.45) is 0. The number of hydrogen-bond donors (Lipinski definition) is 0. The van der Waals surface area contributed by atoms with Gasteiger partial charge in [-0.2, -0.15) is 0 Å². The molecular formula is C17H11BiN2S. The minimum absolute atomic E-state index is 0.838. The zero-order chi connectivity index (χ0) is 14.4. The molecule has 0 aliphatic rings. The predicted octanol–water partition coefficient (Wildman–Crippen LogP) is 3.61. The third-order valence-corrected chi connectivity index (χ3v) is 5.52. The average Bonchev–Trinajstić information content (AvgIpc) is 2.84. The molecule has 0 aliphatic carbocycles. The van der Waals surface area contributed by atoms with Gasteiger partial charge in [-0.3, -0.25) is 0 Å². The van der Waals surface area contributed by atoms with Gasteiger partial charge in [-0.05, 0) is 0 Å². The zero-order valence-electron chi connectivity index (χ0n) is 11.4. The summed E-state index contributed by atoms with van der Waals surface area (Å²) in [4.78, 5) is 9.20. The molecule has 4 rings (SSSR count). The van der Waals surface area contributed by atoms with Gasteiger partial charge >= 0.3 is 142 Å². The fraction of sp³-hybridized carbons (Fsp3) is 0.0588. The molecule has 0 saturated heterocycles. The average molecular weight is 484 g/mol. The van der Waals surface area contributed by atoms with Gasteiger partial charge in [0.2, 0.25) is 0 Å². The molecule has 0 N–H and O–H groups in total. The van der Waals surface area contributed by atoms with Gasteiger partial charge in [0.1, 0.15) is 0 Å². The molecule has 4 aromatic rings. The number of benzene rings is 2. The number of aryl methyl sites for hydroxylation is 1. The molecule has 0 saturated carbocycles. The Bertz CT molecular complexity index is 955. The molecule has 0 unspecified atom stereocenters. The van der Waals surface area contributed by atoms with Gasteiger partial charge in [0, 0.05) is 0 Å². The van der Waals surface area contributed by atoms with Crippen molar-refractivity contribution < 1.29 is 0 Å². The summed E-state index contributed by atoms with van der Waals surface area (Å²) in [5.41, 5.74) is 2.13. The van der Waals surface area contributed by atoms with Crippen molar-refractivity contribution in [2.24, 2.45) is 0 Å². The molecular weight excluding hydrogens is 473 g/mol. The van der Waals surface area contributed by atoms with Gasteiger partial charge in [-0.15, -0.1) is 0 Å². The van der Waals surface area contributed by atoms with E-state index in [2.05, 4.69) is 58.5 Å². The van der Waals surface area contributed by atoms with Crippen LogP contribution in [0.15, 0.2) is 48.5 Å². The van der Waals surface area contributed by atoms with E-state index in [9.17, 15) is 0 Å². The summed E-state index contributed by atoms with van der Waals surface area (Å²) in [6.45, 7) is 2.03. The van der Waals surface area contributed by atoms with E-state index in [1.807, 2.05) is 18.3 Å². The number of fused-ring (bicyclic) bond motifs is 3. The number of hydrogen-bond acceptors (Lipinski definition) is 3. The summed E-state index contributed by atoms with van der Waals surface area (Å²) in [5.74, 6) is 0.838. The monoisotopic (exact) mass is 484 g/mol. The summed E-state index contributed by atoms with van der Waals surface area (Å²) >= 11 is 3.00. The Labute approximate surface area is 141 Å². The van der Waals surface area contributed by atoms with Gasteiger partial charge in [-0.1, -0.05) is 0 Å². The Morgan fingerprint density at radius 2 is 1.71 bits per heavy atom. The minimum atomic E-state index is 0.838. The van der Waals surface area contributed by atoms with E-state index in [1.54, 1.807) is 0 Å². The van der Waals surface area contributed by atoms with Crippen molar-refractivity contribution in [2.75, 3.05) is 0 Å². The van der Waals surface area contributed by atoms with Crippen LogP contribution in [-0.4, -0.2) is 34.7 Å². The third kappa shape index (κ3) is 2.37. The third-order valence-electron chi connectivity index (χ3n) is 3.48. The van der Waals surface area contributed by atoms with Crippen molar-refractivity contribution in [3.8, 4) is 11.4 Å². The number of aromatic nitrogens is 2. The Hall–Kier alpha value is -1.38. The summed E-state index contributed by atoms with van der Waals surface area (Å²) in [5, 5.41) is 2.61. The Morgan fingerprint density at radius 1 is 0.905 bits per heavy atom. The van der Waals surface area contributed by atoms with Crippen molar-refractivity contribution in [1.29, 1.82) is 0 Å². The van der Waals surface area contributed by atoms with Crippen LogP contribution in [0.25, 0.3) is 31.6 Å². The van der Waals surface area contributed by atoms with E-state index in [-0.39, 0.29) is 0 Å². The van der Waals surface area contributed by atoms with Crippen molar-refractivity contribution in [2.45, 2.75) is 6.92 Å². The van der Waals surface area contributed by atoms with Crippen molar-refractivity contribution in [1.82, 2.24) is 9.97 Å². The molecule has 0 bridgehead atoms. The van der Waals surface area contributed by atoms with Crippen LogP contribution in [0.2, 0.25) is 0 Å². The van der Waals surface area contributed by atoms with Gasteiger partial charge in [0.15, 0.2) is 0 Å². The van der Waals surface area contributed by atoms with Crippen molar-refractivity contribution >= 4 is 59.6 Å².